The summed E-state index contributed by atoms with van der Waals surface area (Å²) in [5, 5.41) is 0. The number of imidazole rings is 1. The molecule has 0 spiro atoms. The number of aryl methyl sites for hydroxylation is 1. The van der Waals surface area contributed by atoms with Crippen molar-refractivity contribution in [1.29, 1.82) is 0 Å². The number of hydrogen-bond donors (Lipinski definition) is 1. The zero-order valence-electron chi connectivity index (χ0n) is 10.7. The summed E-state index contributed by atoms with van der Waals surface area (Å²) < 4.78 is 25.5. The predicted octanol–water partition coefficient (Wildman–Crippen LogP) is 0.809. The highest BCUT2D eigenvalue weighted by molar-refractivity contribution is 7.89. The summed E-state index contributed by atoms with van der Waals surface area (Å²) >= 11 is 0. The van der Waals surface area contributed by atoms with E-state index in [-0.39, 0.29) is 12.3 Å². The Morgan fingerprint density at radius 2 is 2.00 bits per heavy atom. The number of pyridine rings is 1. The Morgan fingerprint density at radius 3 is 2.63 bits per heavy atom. The van der Waals surface area contributed by atoms with Crippen LogP contribution in [-0.2, 0) is 23.0 Å². The summed E-state index contributed by atoms with van der Waals surface area (Å²) in [5.41, 5.74) is 0.963. The summed E-state index contributed by atoms with van der Waals surface area (Å²) in [6.45, 7) is 0.256. The fraction of sp³-hybridized carbons (Fsp3) is 0.333. The summed E-state index contributed by atoms with van der Waals surface area (Å²) in [6, 6.07) is 3.64. The van der Waals surface area contributed by atoms with Gasteiger partial charge in [0.25, 0.3) is 0 Å². The van der Waals surface area contributed by atoms with E-state index in [0.717, 1.165) is 5.56 Å². The number of aromatic nitrogens is 3. The number of nitrogens with one attached hydrogen (secondary N) is 1. The molecule has 0 atom stereocenters. The predicted molar refractivity (Wildman–Crippen MR) is 71.8 cm³/mol. The van der Waals surface area contributed by atoms with Crippen LogP contribution in [0.4, 0.5) is 0 Å². The van der Waals surface area contributed by atoms with Crippen molar-refractivity contribution in [3.63, 3.8) is 0 Å². The molecule has 1 N–H and O–H groups in total. The zero-order valence-corrected chi connectivity index (χ0v) is 11.5. The fourth-order valence-electron chi connectivity index (χ4n) is 1.65. The standard InChI is InChI=1S/C12H16N4O2S/c1-16(10-12-14-7-8-15-12)19(17,18)9-4-11-2-5-13-6-3-11/h2-3,5-8H,4,9-10H2,1H3,(H,14,15). The van der Waals surface area contributed by atoms with Gasteiger partial charge >= 0.3 is 0 Å². The van der Waals surface area contributed by atoms with Crippen LogP contribution in [0.3, 0.4) is 0 Å². The SMILES string of the molecule is CN(Cc1ncc[nH]1)S(=O)(=O)CCc1ccncc1. The van der Waals surface area contributed by atoms with E-state index in [2.05, 4.69) is 15.0 Å². The third-order valence-electron chi connectivity index (χ3n) is 2.80. The van der Waals surface area contributed by atoms with Gasteiger partial charge in [-0.2, -0.15) is 4.31 Å². The van der Waals surface area contributed by atoms with Gasteiger partial charge in [-0.1, -0.05) is 0 Å². The van der Waals surface area contributed by atoms with E-state index < -0.39 is 10.0 Å². The maximum absolute atomic E-state index is 12.1. The summed E-state index contributed by atoms with van der Waals surface area (Å²) in [5.74, 6) is 0.712. The molecule has 0 aliphatic rings. The number of hydrogen-bond acceptors (Lipinski definition) is 4. The molecule has 7 heteroatoms. The fourth-order valence-corrected chi connectivity index (χ4v) is 2.77. The minimum Gasteiger partial charge on any atom is -0.347 e. The van der Waals surface area contributed by atoms with Crippen molar-refractivity contribution in [2.75, 3.05) is 12.8 Å². The Morgan fingerprint density at radius 1 is 1.26 bits per heavy atom. The molecule has 0 aromatic carbocycles. The monoisotopic (exact) mass is 280 g/mol. The maximum atomic E-state index is 12.1. The Bertz CT molecular complexity index is 596. The van der Waals surface area contributed by atoms with Crippen LogP contribution in [-0.4, -0.2) is 40.5 Å². The van der Waals surface area contributed by atoms with Crippen LogP contribution in [0.15, 0.2) is 36.9 Å². The Hall–Kier alpha value is -1.73. The van der Waals surface area contributed by atoms with Crippen LogP contribution < -0.4 is 0 Å². The second-order valence-electron chi connectivity index (χ2n) is 4.21. The van der Waals surface area contributed by atoms with Gasteiger partial charge in [0, 0.05) is 31.8 Å². The lowest BCUT2D eigenvalue weighted by molar-refractivity contribution is 0.458. The van der Waals surface area contributed by atoms with Gasteiger partial charge in [-0.3, -0.25) is 4.98 Å². The normalized spacial score (nSPS) is 11.9. The smallest absolute Gasteiger partial charge is 0.214 e. The third-order valence-corrected chi connectivity index (χ3v) is 4.60. The average Bonchev–Trinajstić information content (AvgIpc) is 2.90. The second kappa shape index (κ2) is 5.94. The van der Waals surface area contributed by atoms with Crippen LogP contribution in [0.2, 0.25) is 0 Å². The zero-order chi connectivity index (χ0) is 13.7. The lowest BCUT2D eigenvalue weighted by Gasteiger charge is -2.15. The van der Waals surface area contributed by atoms with Crippen LogP contribution in [0.5, 0.6) is 0 Å². The van der Waals surface area contributed by atoms with Crippen molar-refractivity contribution in [2.45, 2.75) is 13.0 Å². The highest BCUT2D eigenvalue weighted by atomic mass is 32.2. The van der Waals surface area contributed by atoms with Gasteiger partial charge in [-0.25, -0.2) is 13.4 Å². The molecule has 2 heterocycles. The maximum Gasteiger partial charge on any atom is 0.214 e. The van der Waals surface area contributed by atoms with Gasteiger partial charge in [-0.05, 0) is 24.1 Å². The largest absolute Gasteiger partial charge is 0.347 e. The van der Waals surface area contributed by atoms with Crippen molar-refractivity contribution in [1.82, 2.24) is 19.3 Å². The van der Waals surface area contributed by atoms with Gasteiger partial charge in [0.1, 0.15) is 5.82 Å². The summed E-state index contributed by atoms with van der Waals surface area (Å²) in [7, 11) is -1.72. The molecule has 6 nitrogen and oxygen atoms in total. The Balaban J connectivity index is 1.94. The number of rotatable bonds is 6. The van der Waals surface area contributed by atoms with E-state index in [4.69, 9.17) is 0 Å². The number of H-pyrrole nitrogens is 1. The molecule has 19 heavy (non-hydrogen) atoms. The topological polar surface area (TPSA) is 79.0 Å². The molecule has 0 bridgehead atoms. The van der Waals surface area contributed by atoms with E-state index in [0.29, 0.717) is 12.2 Å². The van der Waals surface area contributed by atoms with Gasteiger partial charge in [0.15, 0.2) is 0 Å². The summed E-state index contributed by atoms with van der Waals surface area (Å²) in [4.78, 5) is 10.8. The molecule has 2 rings (SSSR count). The van der Waals surface area contributed by atoms with Crippen molar-refractivity contribution in [3.05, 3.63) is 48.3 Å². The molecule has 2 aromatic heterocycles. The first-order valence-electron chi connectivity index (χ1n) is 5.89. The van der Waals surface area contributed by atoms with E-state index in [1.54, 1.807) is 31.8 Å². The highest BCUT2D eigenvalue weighted by Gasteiger charge is 2.18. The number of aromatic amines is 1. The molecule has 0 fully saturated rings. The van der Waals surface area contributed by atoms with Gasteiger partial charge < -0.3 is 4.98 Å². The van der Waals surface area contributed by atoms with Crippen LogP contribution in [0.1, 0.15) is 11.4 Å². The lowest BCUT2D eigenvalue weighted by Crippen LogP contribution is -2.30. The second-order valence-corrected chi connectivity index (χ2v) is 6.41. The average molecular weight is 280 g/mol. The first-order chi connectivity index (χ1) is 9.08. The van der Waals surface area contributed by atoms with Crippen LogP contribution in [0.25, 0.3) is 0 Å². The molecular formula is C12H16N4O2S. The van der Waals surface area contributed by atoms with Gasteiger partial charge in [-0.15, -0.1) is 0 Å². The van der Waals surface area contributed by atoms with E-state index in [1.165, 1.54) is 4.31 Å². The molecule has 0 aliphatic heterocycles. The highest BCUT2D eigenvalue weighted by Crippen LogP contribution is 2.07. The molecule has 102 valence electrons. The van der Waals surface area contributed by atoms with Gasteiger partial charge in [0.05, 0.1) is 12.3 Å². The summed E-state index contributed by atoms with van der Waals surface area (Å²) in [6.07, 6.45) is 7.08. The minimum atomic E-state index is -3.28. The minimum absolute atomic E-state index is 0.0776. The molecule has 0 amide bonds. The van der Waals surface area contributed by atoms with Crippen LogP contribution in [0, 0.1) is 0 Å². The van der Waals surface area contributed by atoms with E-state index in [9.17, 15) is 8.42 Å². The quantitative estimate of drug-likeness (QED) is 0.849. The first kappa shape index (κ1) is 13.7. The number of nitrogens with zero attached hydrogens (tertiary/aromatic N) is 3. The van der Waals surface area contributed by atoms with Crippen LogP contribution >= 0.6 is 0 Å². The molecule has 0 saturated carbocycles. The van der Waals surface area contributed by atoms with Crippen molar-refractivity contribution < 1.29 is 8.42 Å². The van der Waals surface area contributed by atoms with Gasteiger partial charge in [0.2, 0.25) is 10.0 Å². The molecule has 0 aliphatic carbocycles. The first-order valence-corrected chi connectivity index (χ1v) is 7.50. The molecule has 0 unspecified atom stereocenters. The van der Waals surface area contributed by atoms with Crippen molar-refractivity contribution >= 4 is 10.0 Å². The molecule has 2 aromatic rings. The number of sulfonamides is 1. The van der Waals surface area contributed by atoms with Crippen molar-refractivity contribution in [3.8, 4) is 0 Å². The molecule has 0 saturated heterocycles. The Kier molecular flexibility index (Phi) is 4.28. The van der Waals surface area contributed by atoms with E-state index >= 15 is 0 Å². The lowest BCUT2D eigenvalue weighted by atomic mass is 10.2. The Labute approximate surface area is 112 Å². The molecule has 0 radical (unpaired) electrons. The van der Waals surface area contributed by atoms with E-state index in [1.807, 2.05) is 12.1 Å². The van der Waals surface area contributed by atoms with Crippen molar-refractivity contribution in [2.24, 2.45) is 0 Å². The molecular weight excluding hydrogens is 264 g/mol. The third kappa shape index (κ3) is 3.87.